The number of nitrogen functional groups attached to an aromatic ring is 1. The Bertz CT molecular complexity index is 529. The number of hydrogen-bond donors (Lipinski definition) is 1. The average molecular weight is 284 g/mol. The maximum absolute atomic E-state index is 6.10. The van der Waals surface area contributed by atoms with Gasteiger partial charge in [0, 0.05) is 26.4 Å². The van der Waals surface area contributed by atoms with Crippen molar-refractivity contribution in [3.05, 3.63) is 58.1 Å². The van der Waals surface area contributed by atoms with Gasteiger partial charge in [0.15, 0.2) is 0 Å². The highest BCUT2D eigenvalue weighted by atomic mass is 35.5. The number of hydrogen-bond acceptors (Lipinski definition) is 2. The first-order chi connectivity index (χ1) is 8.15. The van der Waals surface area contributed by atoms with E-state index in [4.69, 9.17) is 28.9 Å². The fourth-order valence-electron chi connectivity index (χ4n) is 1.42. The Morgan fingerprint density at radius 2 is 1.88 bits per heavy atom. The fourth-order valence-corrected chi connectivity index (χ4v) is 2.83. The van der Waals surface area contributed by atoms with Crippen LogP contribution in [0, 0.1) is 0 Å². The summed E-state index contributed by atoms with van der Waals surface area (Å²) in [7, 11) is 0. The van der Waals surface area contributed by atoms with E-state index in [-0.39, 0.29) is 0 Å². The van der Waals surface area contributed by atoms with Gasteiger partial charge in [-0.1, -0.05) is 29.3 Å². The maximum Gasteiger partial charge on any atom is 0.0447 e. The van der Waals surface area contributed by atoms with Crippen molar-refractivity contribution in [1.29, 1.82) is 0 Å². The molecule has 0 aromatic heterocycles. The molecular formula is C13H11Cl2NS. The van der Waals surface area contributed by atoms with E-state index in [1.165, 1.54) is 0 Å². The SMILES string of the molecule is Nc1cccc(SCc2cc(Cl)ccc2Cl)c1. The summed E-state index contributed by atoms with van der Waals surface area (Å²) in [6, 6.07) is 13.3. The molecule has 2 rings (SSSR count). The maximum atomic E-state index is 6.10. The predicted molar refractivity (Wildman–Crippen MR) is 76.9 cm³/mol. The number of nitrogens with two attached hydrogens (primary N) is 1. The third kappa shape index (κ3) is 3.56. The fraction of sp³-hybridized carbons (Fsp3) is 0.0769. The van der Waals surface area contributed by atoms with E-state index >= 15 is 0 Å². The number of halogens is 2. The molecule has 1 nitrogen and oxygen atoms in total. The van der Waals surface area contributed by atoms with E-state index in [0.29, 0.717) is 5.02 Å². The van der Waals surface area contributed by atoms with Crippen LogP contribution in [0.1, 0.15) is 5.56 Å². The molecule has 17 heavy (non-hydrogen) atoms. The molecule has 0 fully saturated rings. The zero-order valence-corrected chi connectivity index (χ0v) is 11.3. The first-order valence-corrected chi connectivity index (χ1v) is 6.81. The monoisotopic (exact) mass is 283 g/mol. The van der Waals surface area contributed by atoms with Crippen molar-refractivity contribution >= 4 is 40.7 Å². The summed E-state index contributed by atoms with van der Waals surface area (Å²) in [5.41, 5.74) is 7.53. The summed E-state index contributed by atoms with van der Waals surface area (Å²) in [4.78, 5) is 1.13. The van der Waals surface area contributed by atoms with E-state index in [0.717, 1.165) is 26.9 Å². The molecular weight excluding hydrogens is 273 g/mol. The van der Waals surface area contributed by atoms with Crippen molar-refractivity contribution in [1.82, 2.24) is 0 Å². The van der Waals surface area contributed by atoms with Gasteiger partial charge in [0.05, 0.1) is 0 Å². The van der Waals surface area contributed by atoms with Gasteiger partial charge < -0.3 is 5.73 Å². The largest absolute Gasteiger partial charge is 0.399 e. The molecule has 0 spiro atoms. The minimum Gasteiger partial charge on any atom is -0.399 e. The van der Waals surface area contributed by atoms with E-state index in [1.54, 1.807) is 17.8 Å². The Labute approximate surface area is 115 Å². The Hall–Kier alpha value is -0.830. The summed E-state index contributed by atoms with van der Waals surface area (Å²) in [6.45, 7) is 0. The van der Waals surface area contributed by atoms with E-state index in [2.05, 4.69) is 0 Å². The van der Waals surface area contributed by atoms with Crippen LogP contribution in [0.2, 0.25) is 10.0 Å². The Morgan fingerprint density at radius 1 is 1.06 bits per heavy atom. The van der Waals surface area contributed by atoms with Crippen LogP contribution in [0.5, 0.6) is 0 Å². The third-order valence-corrected chi connectivity index (χ3v) is 3.91. The molecule has 2 aromatic rings. The molecule has 0 saturated carbocycles. The number of anilines is 1. The summed E-state index contributed by atoms with van der Waals surface area (Å²) >= 11 is 13.7. The molecule has 0 aliphatic heterocycles. The lowest BCUT2D eigenvalue weighted by atomic mass is 10.2. The van der Waals surface area contributed by atoms with Crippen LogP contribution in [0.4, 0.5) is 5.69 Å². The molecule has 0 heterocycles. The second-order valence-electron chi connectivity index (χ2n) is 3.60. The Balaban J connectivity index is 2.09. The zero-order valence-electron chi connectivity index (χ0n) is 8.99. The first kappa shape index (κ1) is 12.6. The lowest BCUT2D eigenvalue weighted by molar-refractivity contribution is 1.38. The highest BCUT2D eigenvalue weighted by molar-refractivity contribution is 7.98. The van der Waals surface area contributed by atoms with Crippen LogP contribution >= 0.6 is 35.0 Å². The van der Waals surface area contributed by atoms with Gasteiger partial charge in [0.1, 0.15) is 0 Å². The van der Waals surface area contributed by atoms with Gasteiger partial charge in [0.2, 0.25) is 0 Å². The van der Waals surface area contributed by atoms with Crippen molar-refractivity contribution in [3.8, 4) is 0 Å². The molecule has 2 N–H and O–H groups in total. The van der Waals surface area contributed by atoms with Crippen molar-refractivity contribution < 1.29 is 0 Å². The number of benzene rings is 2. The zero-order chi connectivity index (χ0) is 12.3. The molecule has 88 valence electrons. The summed E-state index contributed by atoms with van der Waals surface area (Å²) in [5, 5.41) is 1.45. The predicted octanol–water partition coefficient (Wildman–Crippen LogP) is 4.87. The molecule has 2 aromatic carbocycles. The molecule has 0 bridgehead atoms. The number of rotatable bonds is 3. The molecule has 0 radical (unpaired) electrons. The van der Waals surface area contributed by atoms with E-state index in [9.17, 15) is 0 Å². The minimum absolute atomic E-state index is 0.706. The Morgan fingerprint density at radius 3 is 2.65 bits per heavy atom. The highest BCUT2D eigenvalue weighted by Crippen LogP contribution is 2.29. The molecule has 0 aliphatic rings. The quantitative estimate of drug-likeness (QED) is 0.643. The van der Waals surface area contributed by atoms with Crippen LogP contribution < -0.4 is 5.73 Å². The van der Waals surface area contributed by atoms with Crippen LogP contribution in [0.25, 0.3) is 0 Å². The van der Waals surface area contributed by atoms with Gasteiger partial charge in [-0.25, -0.2) is 0 Å². The van der Waals surface area contributed by atoms with Crippen molar-refractivity contribution in [2.75, 3.05) is 5.73 Å². The highest BCUT2D eigenvalue weighted by Gasteiger charge is 2.02. The van der Waals surface area contributed by atoms with Crippen LogP contribution in [0.15, 0.2) is 47.4 Å². The summed E-state index contributed by atoms with van der Waals surface area (Å²) in [6.07, 6.45) is 0. The summed E-state index contributed by atoms with van der Waals surface area (Å²) < 4.78 is 0. The van der Waals surface area contributed by atoms with Gasteiger partial charge in [-0.3, -0.25) is 0 Å². The van der Waals surface area contributed by atoms with Crippen molar-refractivity contribution in [2.45, 2.75) is 10.6 Å². The summed E-state index contributed by atoms with van der Waals surface area (Å²) in [5.74, 6) is 0.781. The van der Waals surface area contributed by atoms with Crippen LogP contribution in [-0.2, 0) is 5.75 Å². The lowest BCUT2D eigenvalue weighted by Crippen LogP contribution is -1.85. The van der Waals surface area contributed by atoms with Gasteiger partial charge in [0.25, 0.3) is 0 Å². The van der Waals surface area contributed by atoms with E-state index < -0.39 is 0 Å². The smallest absolute Gasteiger partial charge is 0.0447 e. The Kier molecular flexibility index (Phi) is 4.21. The second kappa shape index (κ2) is 5.67. The van der Waals surface area contributed by atoms with Crippen LogP contribution in [0.3, 0.4) is 0 Å². The minimum atomic E-state index is 0.706. The van der Waals surface area contributed by atoms with Crippen molar-refractivity contribution in [3.63, 3.8) is 0 Å². The molecule has 0 unspecified atom stereocenters. The van der Waals surface area contributed by atoms with Gasteiger partial charge in [-0.05, 0) is 42.0 Å². The molecule has 4 heteroatoms. The van der Waals surface area contributed by atoms with Gasteiger partial charge in [-0.15, -0.1) is 11.8 Å². The molecule has 0 amide bonds. The number of thioether (sulfide) groups is 1. The van der Waals surface area contributed by atoms with E-state index in [1.807, 2.05) is 36.4 Å². The van der Waals surface area contributed by atoms with Gasteiger partial charge >= 0.3 is 0 Å². The lowest BCUT2D eigenvalue weighted by Gasteiger charge is -2.05. The second-order valence-corrected chi connectivity index (χ2v) is 5.49. The normalized spacial score (nSPS) is 10.5. The van der Waals surface area contributed by atoms with Crippen molar-refractivity contribution in [2.24, 2.45) is 0 Å². The van der Waals surface area contributed by atoms with Gasteiger partial charge in [-0.2, -0.15) is 0 Å². The third-order valence-electron chi connectivity index (χ3n) is 2.26. The van der Waals surface area contributed by atoms with Crippen LogP contribution in [-0.4, -0.2) is 0 Å². The molecule has 0 saturated heterocycles. The molecule has 0 aliphatic carbocycles. The average Bonchev–Trinajstić information content (AvgIpc) is 2.30. The topological polar surface area (TPSA) is 26.0 Å². The first-order valence-electron chi connectivity index (χ1n) is 5.07. The molecule has 0 atom stereocenters. The standard InChI is InChI=1S/C13H11Cl2NS/c14-10-4-5-13(15)9(6-10)8-17-12-3-1-2-11(16)7-12/h1-7H,8,16H2.